The minimum Gasteiger partial charge on any atom is -0.493 e. The maximum absolute atomic E-state index is 14.3. The number of furan rings is 1. The Hall–Kier alpha value is -3.08. The summed E-state index contributed by atoms with van der Waals surface area (Å²) in [5.74, 6) is -1.20. The lowest BCUT2D eigenvalue weighted by atomic mass is 10.2. The van der Waals surface area contributed by atoms with Gasteiger partial charge in [-0.2, -0.15) is 0 Å². The van der Waals surface area contributed by atoms with E-state index in [2.05, 4.69) is 9.88 Å². The van der Waals surface area contributed by atoms with Crippen LogP contribution in [0.15, 0.2) is 40.8 Å². The molecule has 7 nitrogen and oxygen atoms in total. The van der Waals surface area contributed by atoms with Gasteiger partial charge < -0.3 is 13.9 Å². The van der Waals surface area contributed by atoms with Gasteiger partial charge in [0.15, 0.2) is 28.0 Å². The molecule has 0 atom stereocenters. The number of amides is 1. The number of halogens is 2. The van der Waals surface area contributed by atoms with Crippen LogP contribution in [0.5, 0.6) is 5.75 Å². The average molecular weight is 488 g/mol. The Kier molecular flexibility index (Phi) is 6.44. The summed E-state index contributed by atoms with van der Waals surface area (Å²) in [5.41, 5.74) is 0.512. The van der Waals surface area contributed by atoms with E-state index >= 15 is 0 Å². The van der Waals surface area contributed by atoms with Gasteiger partial charge in [-0.25, -0.2) is 13.8 Å². The van der Waals surface area contributed by atoms with Gasteiger partial charge in [0.2, 0.25) is 0 Å². The van der Waals surface area contributed by atoms with Crippen LogP contribution >= 0.6 is 11.3 Å². The summed E-state index contributed by atoms with van der Waals surface area (Å²) in [6.07, 6.45) is 0.669. The minimum atomic E-state index is -0.758. The fourth-order valence-corrected chi connectivity index (χ4v) is 5.09. The van der Waals surface area contributed by atoms with Crippen molar-refractivity contribution in [3.8, 4) is 5.75 Å². The van der Waals surface area contributed by atoms with E-state index in [1.165, 1.54) is 18.1 Å². The lowest BCUT2D eigenvalue weighted by Gasteiger charge is -2.27. The molecule has 0 aliphatic carbocycles. The maximum atomic E-state index is 14.3. The van der Waals surface area contributed by atoms with Crippen LogP contribution in [0.25, 0.3) is 21.2 Å². The van der Waals surface area contributed by atoms with E-state index in [9.17, 15) is 13.6 Å². The van der Waals surface area contributed by atoms with Crippen LogP contribution in [0.3, 0.4) is 0 Å². The number of ether oxygens (including phenoxy) is 2. The molecule has 2 aromatic carbocycles. The van der Waals surface area contributed by atoms with Crippen molar-refractivity contribution in [2.24, 2.45) is 0 Å². The standard InChI is InChI=1S/C24H23F2N3O4S/c1-31-18-5-2-4-15-12-19(33-22(15)18)23(30)29(7-3-6-28-8-10-32-11-9-28)24-27-21-17(26)13-16(25)14-20(21)34-24/h2,4-5,12-14H,3,6-11H2,1H3. The van der Waals surface area contributed by atoms with Crippen molar-refractivity contribution in [3.63, 3.8) is 0 Å². The monoisotopic (exact) mass is 487 g/mol. The molecule has 0 saturated carbocycles. The number of rotatable bonds is 7. The predicted octanol–water partition coefficient (Wildman–Crippen LogP) is 4.70. The van der Waals surface area contributed by atoms with Gasteiger partial charge in [0.05, 0.1) is 25.0 Å². The second kappa shape index (κ2) is 9.65. The van der Waals surface area contributed by atoms with Crippen molar-refractivity contribution < 1.29 is 27.5 Å². The van der Waals surface area contributed by atoms with E-state index in [1.807, 2.05) is 12.1 Å². The Morgan fingerprint density at radius 2 is 2.06 bits per heavy atom. The molecule has 5 rings (SSSR count). The number of para-hydroxylation sites is 1. The number of aromatic nitrogens is 1. The van der Waals surface area contributed by atoms with Crippen LogP contribution in [0, 0.1) is 11.6 Å². The number of hydrogen-bond acceptors (Lipinski definition) is 7. The third-order valence-electron chi connectivity index (χ3n) is 5.78. The Labute approximate surface area is 198 Å². The van der Waals surface area contributed by atoms with E-state index in [1.54, 1.807) is 12.1 Å². The van der Waals surface area contributed by atoms with E-state index in [4.69, 9.17) is 13.9 Å². The molecule has 178 valence electrons. The van der Waals surface area contributed by atoms with Gasteiger partial charge in [0, 0.05) is 37.6 Å². The topological polar surface area (TPSA) is 68.0 Å². The SMILES string of the molecule is COc1cccc2cc(C(=O)N(CCCN3CCOCC3)c3nc4c(F)cc(F)cc4s3)oc12. The molecule has 1 amide bonds. The van der Waals surface area contributed by atoms with Crippen LogP contribution in [0.1, 0.15) is 17.0 Å². The molecule has 10 heteroatoms. The summed E-state index contributed by atoms with van der Waals surface area (Å²) in [6, 6.07) is 9.07. The summed E-state index contributed by atoms with van der Waals surface area (Å²) in [7, 11) is 1.53. The number of benzene rings is 2. The average Bonchev–Trinajstić information content (AvgIpc) is 3.46. The molecular weight excluding hydrogens is 464 g/mol. The van der Waals surface area contributed by atoms with Crippen molar-refractivity contribution >= 4 is 43.6 Å². The highest BCUT2D eigenvalue weighted by Gasteiger charge is 2.26. The number of nitrogens with zero attached hydrogens (tertiary/aromatic N) is 3. The molecule has 34 heavy (non-hydrogen) atoms. The van der Waals surface area contributed by atoms with Crippen molar-refractivity contribution in [1.29, 1.82) is 0 Å². The molecule has 3 heterocycles. The molecule has 2 aromatic heterocycles. The number of carbonyl (C=O) groups is 1. The summed E-state index contributed by atoms with van der Waals surface area (Å²) in [6.45, 7) is 4.16. The van der Waals surface area contributed by atoms with Gasteiger partial charge >= 0.3 is 0 Å². The van der Waals surface area contributed by atoms with E-state index < -0.39 is 17.5 Å². The van der Waals surface area contributed by atoms with Crippen LogP contribution in [0.4, 0.5) is 13.9 Å². The number of anilines is 1. The Bertz CT molecular complexity index is 1330. The third kappa shape index (κ3) is 4.48. The first-order valence-electron chi connectivity index (χ1n) is 11.0. The largest absolute Gasteiger partial charge is 0.493 e. The molecule has 1 aliphatic heterocycles. The van der Waals surface area contributed by atoms with Crippen molar-refractivity contribution in [1.82, 2.24) is 9.88 Å². The van der Waals surface area contributed by atoms with E-state index in [0.29, 0.717) is 47.3 Å². The minimum absolute atomic E-state index is 0.0404. The molecule has 0 radical (unpaired) electrons. The highest BCUT2D eigenvalue weighted by molar-refractivity contribution is 7.22. The molecule has 0 spiro atoms. The van der Waals surface area contributed by atoms with Gasteiger partial charge in [-0.1, -0.05) is 23.5 Å². The van der Waals surface area contributed by atoms with Gasteiger partial charge in [0.25, 0.3) is 5.91 Å². The summed E-state index contributed by atoms with van der Waals surface area (Å²) < 4.78 is 45.0. The van der Waals surface area contributed by atoms with E-state index in [-0.39, 0.29) is 11.3 Å². The number of morpholine rings is 1. The van der Waals surface area contributed by atoms with Gasteiger partial charge in [-0.3, -0.25) is 14.6 Å². The fraction of sp³-hybridized carbons (Fsp3) is 0.333. The first kappa shape index (κ1) is 22.7. The molecule has 1 fully saturated rings. The van der Waals surface area contributed by atoms with Gasteiger partial charge in [0.1, 0.15) is 11.3 Å². The van der Waals surface area contributed by atoms with Crippen LogP contribution in [-0.2, 0) is 4.74 Å². The molecular formula is C24H23F2N3O4S. The van der Waals surface area contributed by atoms with E-state index in [0.717, 1.165) is 42.4 Å². The first-order chi connectivity index (χ1) is 16.5. The Balaban J connectivity index is 1.47. The second-order valence-electron chi connectivity index (χ2n) is 7.98. The number of carbonyl (C=O) groups excluding carboxylic acids is 1. The fourth-order valence-electron chi connectivity index (χ4n) is 4.06. The number of thiazole rings is 1. The maximum Gasteiger partial charge on any atom is 0.295 e. The predicted molar refractivity (Wildman–Crippen MR) is 126 cm³/mol. The summed E-state index contributed by atoms with van der Waals surface area (Å²) in [4.78, 5) is 21.7. The van der Waals surface area contributed by atoms with Crippen molar-refractivity contribution in [2.75, 3.05) is 51.4 Å². The molecule has 0 unspecified atom stereocenters. The van der Waals surface area contributed by atoms with Crippen LogP contribution < -0.4 is 9.64 Å². The molecule has 4 aromatic rings. The Morgan fingerprint density at radius 1 is 1.24 bits per heavy atom. The summed E-state index contributed by atoms with van der Waals surface area (Å²) in [5, 5.41) is 1.02. The molecule has 1 aliphatic rings. The zero-order valence-corrected chi connectivity index (χ0v) is 19.4. The first-order valence-corrected chi connectivity index (χ1v) is 11.8. The van der Waals surface area contributed by atoms with Gasteiger partial charge in [-0.15, -0.1) is 0 Å². The molecule has 0 N–H and O–H groups in total. The lowest BCUT2D eigenvalue weighted by molar-refractivity contribution is 0.0376. The molecule has 1 saturated heterocycles. The quantitative estimate of drug-likeness (QED) is 0.377. The lowest BCUT2D eigenvalue weighted by Crippen LogP contribution is -2.39. The number of hydrogen-bond donors (Lipinski definition) is 0. The summed E-state index contributed by atoms with van der Waals surface area (Å²) >= 11 is 1.07. The second-order valence-corrected chi connectivity index (χ2v) is 8.99. The molecule has 0 bridgehead atoms. The number of fused-ring (bicyclic) bond motifs is 2. The van der Waals surface area contributed by atoms with Crippen LogP contribution in [-0.4, -0.2) is 62.3 Å². The van der Waals surface area contributed by atoms with Gasteiger partial charge in [-0.05, 0) is 24.6 Å². The van der Waals surface area contributed by atoms with Crippen molar-refractivity contribution in [2.45, 2.75) is 6.42 Å². The zero-order valence-electron chi connectivity index (χ0n) is 18.6. The zero-order chi connectivity index (χ0) is 23.7. The highest BCUT2D eigenvalue weighted by atomic mass is 32.1. The van der Waals surface area contributed by atoms with Crippen molar-refractivity contribution in [3.05, 3.63) is 53.8 Å². The normalized spacial score (nSPS) is 14.7. The number of methoxy groups -OCH3 is 1. The smallest absolute Gasteiger partial charge is 0.295 e. The van der Waals surface area contributed by atoms with Crippen LogP contribution in [0.2, 0.25) is 0 Å². The third-order valence-corrected chi connectivity index (χ3v) is 6.80. The highest BCUT2D eigenvalue weighted by Crippen LogP contribution is 2.34. The Morgan fingerprint density at radius 3 is 2.85 bits per heavy atom.